The van der Waals surface area contributed by atoms with Crippen LogP contribution >= 0.6 is 15.9 Å². The van der Waals surface area contributed by atoms with E-state index in [2.05, 4.69) is 37.3 Å². The lowest BCUT2D eigenvalue weighted by Gasteiger charge is -2.17. The van der Waals surface area contributed by atoms with E-state index in [0.29, 0.717) is 0 Å². The zero-order chi connectivity index (χ0) is 14.5. The number of halogens is 1. The molecule has 1 heterocycles. The molecule has 0 bridgehead atoms. The Balaban J connectivity index is 2.26. The molecule has 0 radical (unpaired) electrons. The van der Waals surface area contributed by atoms with Crippen LogP contribution in [0.3, 0.4) is 0 Å². The smallest absolute Gasteiger partial charge is 0.145 e. The predicted molar refractivity (Wildman–Crippen MR) is 83.0 cm³/mol. The molecule has 1 unspecified atom stereocenters. The minimum atomic E-state index is 0.0544. The van der Waals surface area contributed by atoms with E-state index < -0.39 is 0 Å². The number of hydrogen-bond donors (Lipinski definition) is 1. The highest BCUT2D eigenvalue weighted by Gasteiger charge is 2.15. The van der Waals surface area contributed by atoms with Crippen LogP contribution in [0.25, 0.3) is 0 Å². The maximum Gasteiger partial charge on any atom is 0.145 e. The second-order valence-electron chi connectivity index (χ2n) is 4.62. The van der Waals surface area contributed by atoms with Crippen molar-refractivity contribution in [2.45, 2.75) is 19.4 Å². The first-order valence-corrected chi connectivity index (χ1v) is 7.21. The van der Waals surface area contributed by atoms with Crippen LogP contribution < -0.4 is 10.1 Å². The molecular formula is C15H18BrN3O. The van der Waals surface area contributed by atoms with Crippen molar-refractivity contribution >= 4 is 15.9 Å². The molecule has 0 spiro atoms. The van der Waals surface area contributed by atoms with E-state index in [0.717, 1.165) is 33.6 Å². The Hall–Kier alpha value is -1.46. The number of aromatic nitrogens is 2. The monoisotopic (exact) mass is 335 g/mol. The van der Waals surface area contributed by atoms with Crippen LogP contribution in [0.15, 0.2) is 35.1 Å². The average Bonchev–Trinajstić information content (AvgIpc) is 2.46. The molecule has 106 valence electrons. The van der Waals surface area contributed by atoms with Crippen LogP contribution in [-0.2, 0) is 6.42 Å². The molecule has 0 amide bonds. The highest BCUT2D eigenvalue weighted by Crippen LogP contribution is 2.26. The lowest BCUT2D eigenvalue weighted by Crippen LogP contribution is -2.21. The second kappa shape index (κ2) is 6.81. The van der Waals surface area contributed by atoms with Gasteiger partial charge < -0.3 is 10.1 Å². The van der Waals surface area contributed by atoms with E-state index in [9.17, 15) is 0 Å². The first kappa shape index (κ1) is 14.9. The fourth-order valence-electron chi connectivity index (χ4n) is 2.03. The molecule has 1 N–H and O–H groups in total. The molecule has 0 saturated carbocycles. The van der Waals surface area contributed by atoms with Gasteiger partial charge in [0.05, 0.1) is 13.2 Å². The molecule has 2 aromatic rings. The standard InChI is InChI=1S/C15H18BrN3O/c1-10-8-18-15(19-9-10)13(17-2)7-11-6-12(16)4-5-14(11)20-3/h4-6,8-9,13,17H,7H2,1-3H3. The van der Waals surface area contributed by atoms with Gasteiger partial charge in [-0.25, -0.2) is 9.97 Å². The molecule has 4 nitrogen and oxygen atoms in total. The largest absolute Gasteiger partial charge is 0.496 e. The van der Waals surface area contributed by atoms with Crippen molar-refractivity contribution in [2.75, 3.05) is 14.2 Å². The fraction of sp³-hybridized carbons (Fsp3) is 0.333. The number of aryl methyl sites for hydroxylation is 1. The number of ether oxygens (including phenoxy) is 1. The lowest BCUT2D eigenvalue weighted by molar-refractivity contribution is 0.405. The van der Waals surface area contributed by atoms with Gasteiger partial charge in [-0.2, -0.15) is 0 Å². The topological polar surface area (TPSA) is 47.0 Å². The Morgan fingerprint density at radius 3 is 2.60 bits per heavy atom. The number of rotatable bonds is 5. The van der Waals surface area contributed by atoms with E-state index in [-0.39, 0.29) is 6.04 Å². The molecule has 0 aliphatic rings. The number of likely N-dealkylation sites (N-methyl/N-ethyl adjacent to an activating group) is 1. The Labute approximate surface area is 127 Å². The van der Waals surface area contributed by atoms with Gasteiger partial charge in [0.1, 0.15) is 11.6 Å². The van der Waals surface area contributed by atoms with Crippen molar-refractivity contribution in [3.05, 3.63) is 52.0 Å². The van der Waals surface area contributed by atoms with Crippen molar-refractivity contribution in [1.82, 2.24) is 15.3 Å². The number of nitrogens with one attached hydrogen (secondary N) is 1. The molecule has 0 aliphatic carbocycles. The number of hydrogen-bond acceptors (Lipinski definition) is 4. The fourth-order valence-corrected chi connectivity index (χ4v) is 2.44. The first-order valence-electron chi connectivity index (χ1n) is 6.42. The maximum absolute atomic E-state index is 5.41. The van der Waals surface area contributed by atoms with E-state index in [4.69, 9.17) is 4.74 Å². The average molecular weight is 336 g/mol. The summed E-state index contributed by atoms with van der Waals surface area (Å²) in [5, 5.41) is 3.26. The molecule has 20 heavy (non-hydrogen) atoms. The van der Waals surface area contributed by atoms with Crippen molar-refractivity contribution < 1.29 is 4.74 Å². The van der Waals surface area contributed by atoms with Gasteiger partial charge in [-0.15, -0.1) is 0 Å². The van der Waals surface area contributed by atoms with Gasteiger partial charge in [-0.1, -0.05) is 15.9 Å². The molecule has 0 fully saturated rings. The zero-order valence-electron chi connectivity index (χ0n) is 11.9. The van der Waals surface area contributed by atoms with Crippen molar-refractivity contribution in [3.8, 4) is 5.75 Å². The third-order valence-corrected chi connectivity index (χ3v) is 3.62. The van der Waals surface area contributed by atoms with Crippen LogP contribution in [0.4, 0.5) is 0 Å². The van der Waals surface area contributed by atoms with Gasteiger partial charge in [-0.05, 0) is 49.7 Å². The summed E-state index contributed by atoms with van der Waals surface area (Å²) in [5.74, 6) is 1.67. The van der Waals surface area contributed by atoms with Crippen LogP contribution in [0, 0.1) is 6.92 Å². The summed E-state index contributed by atoms with van der Waals surface area (Å²) in [7, 11) is 3.60. The zero-order valence-corrected chi connectivity index (χ0v) is 13.4. The Morgan fingerprint density at radius 2 is 2.00 bits per heavy atom. The Kier molecular flexibility index (Phi) is 5.09. The predicted octanol–water partition coefficient (Wildman–Crippen LogP) is 3.06. The van der Waals surface area contributed by atoms with E-state index in [1.165, 1.54) is 0 Å². The SMILES string of the molecule is CNC(Cc1cc(Br)ccc1OC)c1ncc(C)cn1. The van der Waals surface area contributed by atoms with Gasteiger partial charge in [0.2, 0.25) is 0 Å². The molecule has 1 atom stereocenters. The summed E-state index contributed by atoms with van der Waals surface area (Å²) in [6, 6.07) is 6.05. The van der Waals surface area contributed by atoms with Gasteiger partial charge in [0.15, 0.2) is 0 Å². The molecule has 0 saturated heterocycles. The van der Waals surface area contributed by atoms with E-state index >= 15 is 0 Å². The van der Waals surface area contributed by atoms with Crippen LogP contribution in [-0.4, -0.2) is 24.1 Å². The second-order valence-corrected chi connectivity index (χ2v) is 5.54. The van der Waals surface area contributed by atoms with Crippen LogP contribution in [0.1, 0.15) is 23.0 Å². The number of nitrogens with zero attached hydrogens (tertiary/aromatic N) is 2. The summed E-state index contributed by atoms with van der Waals surface area (Å²) in [4.78, 5) is 8.79. The maximum atomic E-state index is 5.41. The van der Waals surface area contributed by atoms with Gasteiger partial charge in [-0.3, -0.25) is 0 Å². The molecule has 2 rings (SSSR count). The molecule has 1 aromatic heterocycles. The lowest BCUT2D eigenvalue weighted by atomic mass is 10.0. The van der Waals surface area contributed by atoms with Gasteiger partial charge >= 0.3 is 0 Å². The highest BCUT2D eigenvalue weighted by atomic mass is 79.9. The van der Waals surface area contributed by atoms with Crippen molar-refractivity contribution in [2.24, 2.45) is 0 Å². The van der Waals surface area contributed by atoms with Gasteiger partial charge in [0, 0.05) is 16.9 Å². The minimum absolute atomic E-state index is 0.0544. The first-order chi connectivity index (χ1) is 9.63. The van der Waals surface area contributed by atoms with Crippen LogP contribution in [0.2, 0.25) is 0 Å². The summed E-state index contributed by atoms with van der Waals surface area (Å²) in [5.41, 5.74) is 2.18. The Bertz CT molecular complexity index is 572. The molecule has 0 aliphatic heterocycles. The summed E-state index contributed by atoms with van der Waals surface area (Å²) in [6.45, 7) is 1.98. The van der Waals surface area contributed by atoms with Gasteiger partial charge in [0.25, 0.3) is 0 Å². The molecule has 1 aromatic carbocycles. The van der Waals surface area contributed by atoms with Crippen molar-refractivity contribution in [3.63, 3.8) is 0 Å². The highest BCUT2D eigenvalue weighted by molar-refractivity contribution is 9.10. The third kappa shape index (κ3) is 3.55. The van der Waals surface area contributed by atoms with Crippen molar-refractivity contribution in [1.29, 1.82) is 0 Å². The van der Waals surface area contributed by atoms with Crippen LogP contribution in [0.5, 0.6) is 5.75 Å². The quantitative estimate of drug-likeness (QED) is 0.912. The third-order valence-electron chi connectivity index (χ3n) is 3.13. The number of benzene rings is 1. The summed E-state index contributed by atoms with van der Waals surface area (Å²) in [6.07, 6.45) is 4.44. The van der Waals surface area contributed by atoms with E-state index in [1.807, 2.05) is 38.5 Å². The normalized spacial score (nSPS) is 12.2. The molecule has 5 heteroatoms. The van der Waals surface area contributed by atoms with E-state index in [1.54, 1.807) is 7.11 Å². The Morgan fingerprint density at radius 1 is 1.30 bits per heavy atom. The summed E-state index contributed by atoms with van der Waals surface area (Å²) < 4.78 is 6.45. The summed E-state index contributed by atoms with van der Waals surface area (Å²) >= 11 is 3.50. The minimum Gasteiger partial charge on any atom is -0.496 e. The molecular weight excluding hydrogens is 318 g/mol. The number of methoxy groups -OCH3 is 1.